The lowest BCUT2D eigenvalue weighted by atomic mass is 10.2. The maximum atomic E-state index is 12.7. The molecule has 10 heteroatoms. The van der Waals surface area contributed by atoms with Gasteiger partial charge in [0.05, 0.1) is 16.3 Å². The number of amides is 1. The van der Waals surface area contributed by atoms with Crippen molar-refractivity contribution in [2.45, 2.75) is 6.10 Å². The van der Waals surface area contributed by atoms with Crippen LogP contribution < -0.4 is 19.6 Å². The van der Waals surface area contributed by atoms with Crippen LogP contribution in [0.3, 0.4) is 0 Å². The number of benzene rings is 3. The zero-order valence-corrected chi connectivity index (χ0v) is 22.1. The largest absolute Gasteiger partial charge is 0.485 e. The summed E-state index contributed by atoms with van der Waals surface area (Å²) in [5.41, 5.74) is 3.36. The van der Waals surface area contributed by atoms with Crippen molar-refractivity contribution in [3.63, 3.8) is 0 Å². The molecule has 0 saturated heterocycles. The van der Waals surface area contributed by atoms with Gasteiger partial charge in [-0.2, -0.15) is 5.10 Å². The van der Waals surface area contributed by atoms with Gasteiger partial charge in [0.2, 0.25) is 6.10 Å². The van der Waals surface area contributed by atoms with Crippen LogP contribution in [-0.2, 0) is 4.79 Å². The van der Waals surface area contributed by atoms with Crippen LogP contribution in [0.5, 0.6) is 17.2 Å². The molecule has 0 saturated carbocycles. The predicted molar refractivity (Wildman–Crippen MR) is 138 cm³/mol. The van der Waals surface area contributed by atoms with Crippen LogP contribution in [0, 0.1) is 3.57 Å². The summed E-state index contributed by atoms with van der Waals surface area (Å²) in [6, 6.07) is 17.7. The normalized spacial score (nSPS) is 14.7. The van der Waals surface area contributed by atoms with E-state index in [0.717, 1.165) is 8.04 Å². The monoisotopic (exact) mass is 684 g/mol. The summed E-state index contributed by atoms with van der Waals surface area (Å²) in [5, 5.41) is 4.02. The first-order valence-corrected chi connectivity index (χ1v) is 12.3. The lowest BCUT2D eigenvalue weighted by molar-refractivity contribution is -0.130. The molecule has 0 radical (unpaired) electrons. The second-order valence-electron chi connectivity index (χ2n) is 6.77. The average molecular weight is 686 g/mol. The molecule has 0 aromatic heterocycles. The highest BCUT2D eigenvalue weighted by atomic mass is 127. The maximum absolute atomic E-state index is 12.7. The van der Waals surface area contributed by atoms with Gasteiger partial charge in [-0.25, -0.2) is 10.2 Å². The molecule has 1 aliphatic heterocycles. The molecule has 0 spiro atoms. The minimum atomic E-state index is -0.844. The number of ether oxygens (including phenoxy) is 3. The van der Waals surface area contributed by atoms with Gasteiger partial charge < -0.3 is 14.2 Å². The fourth-order valence-corrected chi connectivity index (χ4v) is 4.89. The Morgan fingerprint density at radius 3 is 2.61 bits per heavy atom. The van der Waals surface area contributed by atoms with Crippen molar-refractivity contribution in [2.75, 3.05) is 6.61 Å². The Morgan fingerprint density at radius 1 is 1.09 bits per heavy atom. The zero-order valence-electron chi connectivity index (χ0n) is 16.8. The predicted octanol–water partition coefficient (Wildman–Crippen LogP) is 5.33. The van der Waals surface area contributed by atoms with E-state index in [-0.39, 0.29) is 12.4 Å². The van der Waals surface area contributed by atoms with Gasteiger partial charge in [-0.3, -0.25) is 4.79 Å². The Kier molecular flexibility index (Phi) is 7.66. The van der Waals surface area contributed by atoms with Crippen LogP contribution in [0.4, 0.5) is 0 Å². The lowest BCUT2D eigenvalue weighted by Crippen LogP contribution is -2.42. The summed E-state index contributed by atoms with van der Waals surface area (Å²) in [6.07, 6.45) is 0.549. The number of fused-ring (bicyclic) bond motifs is 1. The Labute approximate surface area is 219 Å². The van der Waals surface area contributed by atoms with Gasteiger partial charge >= 0.3 is 5.97 Å². The van der Waals surface area contributed by atoms with E-state index < -0.39 is 18.0 Å². The molecule has 3 aromatic carbocycles. The summed E-state index contributed by atoms with van der Waals surface area (Å²) in [4.78, 5) is 25.2. The van der Waals surface area contributed by atoms with Gasteiger partial charge in [0.15, 0.2) is 17.2 Å². The summed E-state index contributed by atoms with van der Waals surface area (Å²) in [5.74, 6) is 0.379. The SMILES string of the molecule is O=C(Oc1c(Br)cc(Br)cc1/C=N\NC(=O)[C@H]1COc2ccccc2O1)c1ccccc1I. The van der Waals surface area contributed by atoms with Crippen LogP contribution in [0.2, 0.25) is 0 Å². The molecule has 0 fully saturated rings. The number of halogens is 3. The molecule has 33 heavy (non-hydrogen) atoms. The van der Waals surface area contributed by atoms with Crippen LogP contribution in [-0.4, -0.2) is 30.8 Å². The van der Waals surface area contributed by atoms with E-state index in [9.17, 15) is 9.59 Å². The fourth-order valence-electron chi connectivity index (χ4n) is 2.94. The summed E-state index contributed by atoms with van der Waals surface area (Å²) in [7, 11) is 0. The highest BCUT2D eigenvalue weighted by Gasteiger charge is 2.27. The minimum absolute atomic E-state index is 0.0688. The number of hydrazone groups is 1. The third-order valence-corrected chi connectivity index (χ3v) is 6.49. The molecule has 0 bridgehead atoms. The van der Waals surface area contributed by atoms with Crippen molar-refractivity contribution in [3.05, 3.63) is 84.3 Å². The fraction of sp³-hybridized carbons (Fsp3) is 0.0870. The van der Waals surface area contributed by atoms with Gasteiger partial charge in [0.1, 0.15) is 6.61 Å². The number of nitrogens with one attached hydrogen (secondary N) is 1. The third kappa shape index (κ3) is 5.74. The van der Waals surface area contributed by atoms with E-state index in [0.29, 0.717) is 27.1 Å². The molecule has 1 N–H and O–H groups in total. The molecule has 168 valence electrons. The van der Waals surface area contributed by atoms with Crippen molar-refractivity contribution < 1.29 is 23.8 Å². The number of para-hydroxylation sites is 2. The second kappa shape index (κ2) is 10.7. The van der Waals surface area contributed by atoms with Crippen molar-refractivity contribution in [2.24, 2.45) is 5.10 Å². The van der Waals surface area contributed by atoms with Crippen molar-refractivity contribution in [3.8, 4) is 17.2 Å². The van der Waals surface area contributed by atoms with Gasteiger partial charge in [-0.05, 0) is 74.9 Å². The van der Waals surface area contributed by atoms with E-state index >= 15 is 0 Å². The first-order chi connectivity index (χ1) is 15.9. The standard InChI is InChI=1S/C23H15Br2IN2O5/c24-14-9-13(21(16(25)10-14)33-23(30)15-5-1-2-6-17(15)26)11-27-28-22(29)20-12-31-18-7-3-4-8-19(18)32-20/h1-11,20H,12H2,(H,28,29)/b27-11-/t20-/m1/s1. The van der Waals surface area contributed by atoms with E-state index in [4.69, 9.17) is 14.2 Å². The van der Waals surface area contributed by atoms with Crippen molar-refractivity contribution in [1.82, 2.24) is 5.43 Å². The van der Waals surface area contributed by atoms with E-state index in [1.165, 1.54) is 6.21 Å². The molecule has 0 aliphatic carbocycles. The maximum Gasteiger partial charge on any atom is 0.344 e. The third-order valence-electron chi connectivity index (χ3n) is 4.51. The van der Waals surface area contributed by atoms with Crippen LogP contribution in [0.15, 0.2) is 74.7 Å². The van der Waals surface area contributed by atoms with Gasteiger partial charge in [-0.1, -0.05) is 40.2 Å². The molecule has 1 aliphatic rings. The topological polar surface area (TPSA) is 86.2 Å². The molecule has 1 atom stereocenters. The first kappa shape index (κ1) is 23.7. The van der Waals surface area contributed by atoms with Crippen molar-refractivity contribution in [1.29, 1.82) is 0 Å². The van der Waals surface area contributed by atoms with Crippen LogP contribution in [0.1, 0.15) is 15.9 Å². The minimum Gasteiger partial charge on any atom is -0.485 e. The Balaban J connectivity index is 1.48. The number of esters is 1. The summed E-state index contributed by atoms with van der Waals surface area (Å²) in [6.45, 7) is 0.0688. The first-order valence-electron chi connectivity index (χ1n) is 9.59. The van der Waals surface area contributed by atoms with E-state index in [1.807, 2.05) is 18.2 Å². The van der Waals surface area contributed by atoms with E-state index in [1.54, 1.807) is 42.5 Å². The molecule has 4 rings (SSSR count). The molecule has 1 heterocycles. The summed E-state index contributed by atoms with van der Waals surface area (Å²) >= 11 is 8.91. The zero-order chi connectivity index (χ0) is 23.4. The Bertz CT molecular complexity index is 1250. The molecule has 3 aromatic rings. The molecule has 1 amide bonds. The van der Waals surface area contributed by atoms with Crippen LogP contribution in [0.25, 0.3) is 0 Å². The average Bonchev–Trinajstić information content (AvgIpc) is 2.81. The van der Waals surface area contributed by atoms with Gasteiger partial charge in [0, 0.05) is 13.6 Å². The van der Waals surface area contributed by atoms with Crippen molar-refractivity contribution >= 4 is 72.5 Å². The van der Waals surface area contributed by atoms with Gasteiger partial charge in [-0.15, -0.1) is 0 Å². The highest BCUT2D eigenvalue weighted by molar-refractivity contribution is 14.1. The smallest absolute Gasteiger partial charge is 0.344 e. The second-order valence-corrected chi connectivity index (χ2v) is 9.71. The number of nitrogens with zero attached hydrogens (tertiary/aromatic N) is 1. The summed E-state index contributed by atoms with van der Waals surface area (Å²) < 4.78 is 18.9. The molecule has 0 unspecified atom stereocenters. The molecular formula is C23H15Br2IN2O5. The quantitative estimate of drug-likeness (QED) is 0.129. The van der Waals surface area contributed by atoms with Gasteiger partial charge in [0.25, 0.3) is 5.91 Å². The van der Waals surface area contributed by atoms with E-state index in [2.05, 4.69) is 65.0 Å². The Morgan fingerprint density at radius 2 is 1.82 bits per heavy atom. The number of carbonyl (C=O) groups excluding carboxylic acids is 2. The number of hydrogen-bond acceptors (Lipinski definition) is 6. The lowest BCUT2D eigenvalue weighted by Gasteiger charge is -2.24. The molecule has 7 nitrogen and oxygen atoms in total. The Hall–Kier alpha value is -2.44. The van der Waals surface area contributed by atoms with Crippen LogP contribution >= 0.6 is 54.5 Å². The number of hydrogen-bond donors (Lipinski definition) is 1. The molecular weight excluding hydrogens is 671 g/mol. The number of rotatable bonds is 5. The number of carbonyl (C=O) groups is 2. The highest BCUT2D eigenvalue weighted by Crippen LogP contribution is 2.33.